The van der Waals surface area contributed by atoms with E-state index in [1.165, 1.54) is 18.2 Å². The van der Waals surface area contributed by atoms with Crippen molar-refractivity contribution < 1.29 is 24.0 Å². The molecular weight excluding hydrogens is 416 g/mol. The molecule has 1 aromatic heterocycles. The third kappa shape index (κ3) is 4.38. The number of aliphatic carboxylic acids is 1. The number of rotatable bonds is 7. The van der Waals surface area contributed by atoms with Crippen LogP contribution in [0.5, 0.6) is 0 Å². The van der Waals surface area contributed by atoms with Gasteiger partial charge in [0.05, 0.1) is 21.8 Å². The number of amides is 1. The molecule has 1 aromatic carbocycles. The highest BCUT2D eigenvalue weighted by Crippen LogP contribution is 2.35. The Labute approximate surface area is 175 Å². The molecule has 150 valence electrons. The first-order valence-electron chi connectivity index (χ1n) is 8.64. The zero-order chi connectivity index (χ0) is 21.1. The van der Waals surface area contributed by atoms with Gasteiger partial charge in [0.25, 0.3) is 11.6 Å². The van der Waals surface area contributed by atoms with Crippen molar-refractivity contribution >= 4 is 51.9 Å². The zero-order valence-electron chi connectivity index (χ0n) is 15.2. The van der Waals surface area contributed by atoms with Crippen LogP contribution in [-0.2, 0) is 9.59 Å². The maximum absolute atomic E-state index is 12.7. The van der Waals surface area contributed by atoms with Crippen molar-refractivity contribution in [2.45, 2.75) is 25.8 Å². The van der Waals surface area contributed by atoms with Gasteiger partial charge in [-0.1, -0.05) is 37.3 Å². The van der Waals surface area contributed by atoms with Gasteiger partial charge in [0.1, 0.15) is 15.8 Å². The number of benzene rings is 1. The Bertz CT molecular complexity index is 1010. The molecule has 1 aliphatic heterocycles. The molecule has 1 fully saturated rings. The number of carbonyl (C=O) groups excluding carboxylic acids is 2. The molecule has 1 saturated heterocycles. The summed E-state index contributed by atoms with van der Waals surface area (Å²) in [4.78, 5) is 35.7. The van der Waals surface area contributed by atoms with E-state index in [0.29, 0.717) is 23.5 Å². The fourth-order valence-corrected chi connectivity index (χ4v) is 4.17. The molecule has 8 nitrogen and oxygen atoms in total. The lowest BCUT2D eigenvalue weighted by Crippen LogP contribution is -2.49. The van der Waals surface area contributed by atoms with Crippen LogP contribution < -0.4 is 5.11 Å². The molecular formula is C19H15N2O6S2-. The normalized spacial score (nSPS) is 16.4. The van der Waals surface area contributed by atoms with Gasteiger partial charge in [-0.2, -0.15) is 0 Å². The number of carbonyl (C=O) groups is 2. The lowest BCUT2D eigenvalue weighted by atomic mass is 10.1. The summed E-state index contributed by atoms with van der Waals surface area (Å²) in [6.07, 6.45) is 2.30. The lowest BCUT2D eigenvalue weighted by Gasteiger charge is -2.27. The van der Waals surface area contributed by atoms with E-state index in [1.807, 2.05) is 6.92 Å². The molecule has 2 heterocycles. The van der Waals surface area contributed by atoms with Crippen molar-refractivity contribution in [3.05, 3.63) is 57.2 Å². The van der Waals surface area contributed by atoms with Crippen LogP contribution in [-0.4, -0.2) is 32.1 Å². The summed E-state index contributed by atoms with van der Waals surface area (Å²) in [5, 5.41) is 22.2. The number of thiocarbonyl (C=S) groups is 1. The van der Waals surface area contributed by atoms with Gasteiger partial charge in [0.2, 0.25) is 0 Å². The summed E-state index contributed by atoms with van der Waals surface area (Å²) in [5.74, 6) is -1.00. The third-order valence-corrected chi connectivity index (χ3v) is 5.56. The number of furan rings is 1. The van der Waals surface area contributed by atoms with E-state index in [-0.39, 0.29) is 21.3 Å². The molecule has 10 heteroatoms. The summed E-state index contributed by atoms with van der Waals surface area (Å²) >= 11 is 6.19. The summed E-state index contributed by atoms with van der Waals surface area (Å²) in [7, 11) is 0. The lowest BCUT2D eigenvalue weighted by molar-refractivity contribution is -0.384. The van der Waals surface area contributed by atoms with Crippen molar-refractivity contribution in [3.8, 4) is 11.3 Å². The van der Waals surface area contributed by atoms with Crippen molar-refractivity contribution in [2.24, 2.45) is 0 Å². The van der Waals surface area contributed by atoms with Crippen LogP contribution in [0.3, 0.4) is 0 Å². The largest absolute Gasteiger partial charge is 0.548 e. The Kier molecular flexibility index (Phi) is 6.14. The number of hydrogen-bond donors (Lipinski definition) is 0. The van der Waals surface area contributed by atoms with Gasteiger partial charge in [-0.3, -0.25) is 19.8 Å². The van der Waals surface area contributed by atoms with Crippen LogP contribution in [0.4, 0.5) is 5.69 Å². The fraction of sp³-hybridized carbons (Fsp3) is 0.211. The molecule has 0 bridgehead atoms. The van der Waals surface area contributed by atoms with E-state index in [1.54, 1.807) is 24.3 Å². The number of carboxylic acids is 1. The Morgan fingerprint density at radius 1 is 1.31 bits per heavy atom. The summed E-state index contributed by atoms with van der Waals surface area (Å²) in [6, 6.07) is 8.09. The average molecular weight is 431 g/mol. The first-order chi connectivity index (χ1) is 13.8. The standard InChI is InChI=1S/C19H16N2O6S2/c1-2-3-14(18(23)24)20-17(22)16(29-19(20)28)10-13-8-9-15(27-13)11-4-6-12(7-5-11)21(25)26/h4-10,14H,2-3H2,1H3,(H,23,24)/p-1/b16-10+/t14-/m1/s1. The molecule has 0 spiro atoms. The quantitative estimate of drug-likeness (QED) is 0.284. The maximum Gasteiger partial charge on any atom is 0.269 e. The molecule has 0 saturated carbocycles. The second kappa shape index (κ2) is 8.58. The highest BCUT2D eigenvalue weighted by atomic mass is 32.2. The molecule has 0 N–H and O–H groups in total. The van der Waals surface area contributed by atoms with Crippen LogP contribution in [0, 0.1) is 10.1 Å². The predicted molar refractivity (Wildman–Crippen MR) is 110 cm³/mol. The minimum atomic E-state index is -1.34. The number of nitrogens with zero attached hydrogens (tertiary/aromatic N) is 2. The Morgan fingerprint density at radius 3 is 2.59 bits per heavy atom. The SMILES string of the molecule is CCC[C@H](C(=O)[O-])N1C(=O)/C(=C\c2ccc(-c3ccc([N+](=O)[O-])cc3)o2)SC1=S. The molecule has 29 heavy (non-hydrogen) atoms. The number of nitro groups is 1. The van der Waals surface area contributed by atoms with E-state index in [9.17, 15) is 24.8 Å². The molecule has 0 radical (unpaired) electrons. The average Bonchev–Trinajstić information content (AvgIpc) is 3.25. The predicted octanol–water partition coefficient (Wildman–Crippen LogP) is 2.97. The van der Waals surface area contributed by atoms with E-state index in [4.69, 9.17) is 16.6 Å². The molecule has 3 rings (SSSR count). The fourth-order valence-electron chi connectivity index (χ4n) is 2.84. The van der Waals surface area contributed by atoms with Crippen LogP contribution >= 0.6 is 24.0 Å². The molecule has 0 aliphatic carbocycles. The minimum Gasteiger partial charge on any atom is -0.548 e. The van der Waals surface area contributed by atoms with Gasteiger partial charge in [0.15, 0.2) is 0 Å². The van der Waals surface area contributed by atoms with Crippen LogP contribution in [0.2, 0.25) is 0 Å². The van der Waals surface area contributed by atoms with Crippen LogP contribution in [0.25, 0.3) is 17.4 Å². The van der Waals surface area contributed by atoms with E-state index in [0.717, 1.165) is 16.7 Å². The topological polar surface area (TPSA) is 117 Å². The van der Waals surface area contributed by atoms with Gasteiger partial charge in [-0.15, -0.1) is 0 Å². The maximum atomic E-state index is 12.7. The zero-order valence-corrected chi connectivity index (χ0v) is 16.8. The Balaban J connectivity index is 1.82. The van der Waals surface area contributed by atoms with Crippen molar-refractivity contribution in [2.75, 3.05) is 0 Å². The summed E-state index contributed by atoms with van der Waals surface area (Å²) < 4.78 is 5.86. The third-order valence-electron chi connectivity index (χ3n) is 4.23. The summed E-state index contributed by atoms with van der Waals surface area (Å²) in [5.41, 5.74) is 0.613. The molecule has 1 atom stereocenters. The number of nitro benzene ring substituents is 1. The highest BCUT2D eigenvalue weighted by Gasteiger charge is 2.37. The second-order valence-electron chi connectivity index (χ2n) is 6.18. The smallest absolute Gasteiger partial charge is 0.269 e. The van der Waals surface area contributed by atoms with E-state index in [2.05, 4.69) is 0 Å². The van der Waals surface area contributed by atoms with Gasteiger partial charge in [-0.25, -0.2) is 0 Å². The monoisotopic (exact) mass is 431 g/mol. The second-order valence-corrected chi connectivity index (χ2v) is 7.86. The number of carboxylic acid groups (broad SMARTS) is 1. The Morgan fingerprint density at radius 2 is 2.00 bits per heavy atom. The number of non-ortho nitro benzene ring substituents is 1. The molecule has 1 amide bonds. The number of thioether (sulfide) groups is 1. The Hall–Kier alpha value is -2.98. The van der Waals surface area contributed by atoms with Crippen LogP contribution in [0.1, 0.15) is 25.5 Å². The van der Waals surface area contributed by atoms with Gasteiger partial charge in [-0.05, 0) is 30.7 Å². The van der Waals surface area contributed by atoms with Crippen molar-refractivity contribution in [1.29, 1.82) is 0 Å². The van der Waals surface area contributed by atoms with Crippen molar-refractivity contribution in [3.63, 3.8) is 0 Å². The minimum absolute atomic E-state index is 0.0289. The van der Waals surface area contributed by atoms with Gasteiger partial charge < -0.3 is 14.3 Å². The summed E-state index contributed by atoms with van der Waals surface area (Å²) in [6.45, 7) is 1.81. The van der Waals surface area contributed by atoms with E-state index < -0.39 is 22.8 Å². The molecule has 0 unspecified atom stereocenters. The van der Waals surface area contributed by atoms with Crippen molar-refractivity contribution in [1.82, 2.24) is 4.90 Å². The highest BCUT2D eigenvalue weighted by molar-refractivity contribution is 8.26. The van der Waals surface area contributed by atoms with Gasteiger partial charge in [0, 0.05) is 23.8 Å². The van der Waals surface area contributed by atoms with E-state index >= 15 is 0 Å². The first kappa shape index (κ1) is 20.7. The molecule has 1 aliphatic rings. The number of hydrogen-bond acceptors (Lipinski definition) is 8. The molecule has 2 aromatic rings. The van der Waals surface area contributed by atoms with Gasteiger partial charge >= 0.3 is 0 Å². The first-order valence-corrected chi connectivity index (χ1v) is 9.87. The van der Waals surface area contributed by atoms with Crippen LogP contribution in [0.15, 0.2) is 45.7 Å².